The predicted molar refractivity (Wildman–Crippen MR) is 161 cm³/mol. The van der Waals surface area contributed by atoms with Gasteiger partial charge in [-0.05, 0) is 61.1 Å². The number of para-hydroxylation sites is 1. The number of likely N-dealkylation sites (N-methyl/N-ethyl adjacent to an activating group) is 1. The van der Waals surface area contributed by atoms with Gasteiger partial charge in [0.25, 0.3) is 0 Å². The molecule has 1 amide bonds. The third kappa shape index (κ3) is 6.48. The van der Waals surface area contributed by atoms with Gasteiger partial charge in [0.1, 0.15) is 18.7 Å². The minimum Gasteiger partial charge on any atom is -0.489 e. The lowest BCUT2D eigenvalue weighted by atomic mass is 9.99. The second-order valence-electron chi connectivity index (χ2n) is 11.0. The standard InChI is InChI=1S/C31H34N6O4S/c1-35-18-26(19-35)34-42(39,40)29-13-7-23(8-14-29)21-41-28-11-9-25(10-12-28)30-20-37(22-33-30)31(38)32-15-24-16-36(17-24)27-5-3-2-4-6-27/h2-14,20,22,24,26,34H,15-19,21H2,1H3,(H,32,38). The molecule has 2 aliphatic rings. The van der Waals surface area contributed by atoms with Crippen molar-refractivity contribution in [2.75, 3.05) is 44.7 Å². The van der Waals surface area contributed by atoms with Gasteiger partial charge in [-0.15, -0.1) is 0 Å². The molecule has 11 heteroatoms. The van der Waals surface area contributed by atoms with E-state index in [-0.39, 0.29) is 17.0 Å². The largest absolute Gasteiger partial charge is 0.489 e. The molecule has 1 aromatic heterocycles. The molecule has 0 bridgehead atoms. The van der Waals surface area contributed by atoms with Crippen LogP contribution >= 0.6 is 0 Å². The summed E-state index contributed by atoms with van der Waals surface area (Å²) in [5.41, 5.74) is 3.63. The van der Waals surface area contributed by atoms with Gasteiger partial charge in [0.15, 0.2) is 0 Å². The molecule has 10 nitrogen and oxygen atoms in total. The Bertz CT molecular complexity index is 1610. The van der Waals surface area contributed by atoms with E-state index >= 15 is 0 Å². The van der Waals surface area contributed by atoms with Crippen LogP contribution in [0.5, 0.6) is 5.75 Å². The summed E-state index contributed by atoms with van der Waals surface area (Å²) >= 11 is 0. The Morgan fingerprint density at radius 3 is 2.36 bits per heavy atom. The highest BCUT2D eigenvalue weighted by molar-refractivity contribution is 7.89. The number of rotatable bonds is 10. The molecule has 3 heterocycles. The zero-order valence-corrected chi connectivity index (χ0v) is 24.2. The highest BCUT2D eigenvalue weighted by Crippen LogP contribution is 2.24. The number of nitrogens with one attached hydrogen (secondary N) is 2. The number of nitrogens with zero attached hydrogens (tertiary/aromatic N) is 4. The number of hydrogen-bond donors (Lipinski definition) is 2. The van der Waals surface area contributed by atoms with Crippen LogP contribution in [-0.2, 0) is 16.6 Å². The molecular formula is C31H34N6O4S. The van der Waals surface area contributed by atoms with E-state index in [1.807, 2.05) is 49.5 Å². The van der Waals surface area contributed by atoms with E-state index in [9.17, 15) is 13.2 Å². The normalized spacial score (nSPS) is 16.1. The molecule has 0 spiro atoms. The van der Waals surface area contributed by atoms with E-state index < -0.39 is 10.0 Å². The maximum Gasteiger partial charge on any atom is 0.326 e. The van der Waals surface area contributed by atoms with E-state index in [1.54, 1.807) is 30.5 Å². The summed E-state index contributed by atoms with van der Waals surface area (Å²) in [5, 5.41) is 3.00. The number of aromatic nitrogens is 2. The zero-order chi connectivity index (χ0) is 29.1. The van der Waals surface area contributed by atoms with Gasteiger partial charge in [-0.2, -0.15) is 0 Å². The number of benzene rings is 3. The van der Waals surface area contributed by atoms with Gasteiger partial charge < -0.3 is 19.9 Å². The van der Waals surface area contributed by atoms with Gasteiger partial charge in [0, 0.05) is 62.1 Å². The highest BCUT2D eigenvalue weighted by Gasteiger charge is 2.29. The fourth-order valence-electron chi connectivity index (χ4n) is 5.17. The van der Waals surface area contributed by atoms with Crippen molar-refractivity contribution in [1.29, 1.82) is 0 Å². The summed E-state index contributed by atoms with van der Waals surface area (Å²) in [5.74, 6) is 1.10. The van der Waals surface area contributed by atoms with Gasteiger partial charge in [-0.3, -0.25) is 4.57 Å². The minimum absolute atomic E-state index is 0.0406. The molecule has 2 N–H and O–H groups in total. The molecule has 42 heavy (non-hydrogen) atoms. The van der Waals surface area contributed by atoms with Crippen LogP contribution in [0.25, 0.3) is 11.3 Å². The number of carbonyl (C=O) groups excluding carboxylic acids is 1. The van der Waals surface area contributed by atoms with Crippen molar-refractivity contribution < 1.29 is 17.9 Å². The Labute approximate surface area is 246 Å². The van der Waals surface area contributed by atoms with E-state index in [0.29, 0.717) is 30.5 Å². The third-order valence-electron chi connectivity index (χ3n) is 7.61. The number of anilines is 1. The lowest BCUT2D eigenvalue weighted by molar-refractivity contribution is 0.180. The molecule has 0 aliphatic carbocycles. The van der Waals surface area contributed by atoms with Crippen molar-refractivity contribution in [2.24, 2.45) is 5.92 Å². The average Bonchev–Trinajstić information content (AvgIpc) is 3.46. The topological polar surface area (TPSA) is 109 Å². The van der Waals surface area contributed by atoms with Crippen LogP contribution in [0, 0.1) is 5.92 Å². The Hall–Kier alpha value is -4.19. The molecule has 4 aromatic rings. The molecular weight excluding hydrogens is 552 g/mol. The van der Waals surface area contributed by atoms with Crippen LogP contribution in [0.3, 0.4) is 0 Å². The minimum atomic E-state index is -3.53. The summed E-state index contributed by atoms with van der Waals surface area (Å²) in [6, 6.07) is 24.3. The van der Waals surface area contributed by atoms with Gasteiger partial charge >= 0.3 is 6.03 Å². The van der Waals surface area contributed by atoms with E-state index in [4.69, 9.17) is 4.74 Å². The Morgan fingerprint density at radius 2 is 1.67 bits per heavy atom. The summed E-state index contributed by atoms with van der Waals surface area (Å²) < 4.78 is 35.2. The highest BCUT2D eigenvalue weighted by atomic mass is 32.2. The third-order valence-corrected chi connectivity index (χ3v) is 9.15. The summed E-state index contributed by atoms with van der Waals surface area (Å²) in [6.07, 6.45) is 3.24. The van der Waals surface area contributed by atoms with Gasteiger partial charge in [-0.1, -0.05) is 30.3 Å². The molecule has 3 aromatic carbocycles. The van der Waals surface area contributed by atoms with Crippen molar-refractivity contribution in [3.63, 3.8) is 0 Å². The van der Waals surface area contributed by atoms with Crippen LogP contribution in [0.15, 0.2) is 96.3 Å². The molecule has 0 unspecified atom stereocenters. The number of ether oxygens (including phenoxy) is 1. The van der Waals surface area contributed by atoms with Crippen molar-refractivity contribution in [1.82, 2.24) is 24.5 Å². The second-order valence-corrected chi connectivity index (χ2v) is 12.7. The molecule has 0 atom stereocenters. The average molecular weight is 587 g/mol. The predicted octanol–water partition coefficient (Wildman–Crippen LogP) is 3.42. The number of hydrogen-bond acceptors (Lipinski definition) is 7. The molecule has 0 saturated carbocycles. The first kappa shape index (κ1) is 28.0. The number of likely N-dealkylation sites (tertiary alicyclic amines) is 1. The van der Waals surface area contributed by atoms with E-state index in [0.717, 1.165) is 37.3 Å². The first-order chi connectivity index (χ1) is 20.3. The molecule has 2 fully saturated rings. The zero-order valence-electron chi connectivity index (χ0n) is 23.4. The molecule has 0 radical (unpaired) electrons. The first-order valence-electron chi connectivity index (χ1n) is 14.0. The van der Waals surface area contributed by atoms with Crippen molar-refractivity contribution in [3.05, 3.63) is 97.0 Å². The molecule has 2 saturated heterocycles. The van der Waals surface area contributed by atoms with Crippen LogP contribution in [0.1, 0.15) is 5.56 Å². The number of imidazole rings is 1. The second kappa shape index (κ2) is 12.0. The fourth-order valence-corrected chi connectivity index (χ4v) is 6.39. The summed E-state index contributed by atoms with van der Waals surface area (Å²) in [4.78, 5) is 21.7. The Balaban J connectivity index is 0.960. The van der Waals surface area contributed by atoms with Crippen LogP contribution in [0.4, 0.5) is 10.5 Å². The number of sulfonamides is 1. The van der Waals surface area contributed by atoms with E-state index in [2.05, 4.69) is 37.0 Å². The SMILES string of the molecule is CN1CC(NS(=O)(=O)c2ccc(COc3ccc(-c4cn(C(=O)NCC5CN(c6ccccc6)C5)cn4)cc3)cc2)C1. The fraction of sp³-hybridized carbons (Fsp3) is 0.290. The van der Waals surface area contributed by atoms with E-state index in [1.165, 1.54) is 16.6 Å². The van der Waals surface area contributed by atoms with Crippen molar-refractivity contribution in [2.45, 2.75) is 17.5 Å². The van der Waals surface area contributed by atoms with Crippen LogP contribution < -0.4 is 19.7 Å². The number of carbonyl (C=O) groups is 1. The maximum absolute atomic E-state index is 12.7. The monoisotopic (exact) mass is 586 g/mol. The van der Waals surface area contributed by atoms with Gasteiger partial charge in [0.05, 0.1) is 10.6 Å². The molecule has 6 rings (SSSR count). The Morgan fingerprint density at radius 1 is 0.952 bits per heavy atom. The van der Waals surface area contributed by atoms with Crippen molar-refractivity contribution in [3.8, 4) is 17.0 Å². The lowest BCUT2D eigenvalue weighted by Crippen LogP contribution is -2.57. The quantitative estimate of drug-likeness (QED) is 0.293. The summed E-state index contributed by atoms with van der Waals surface area (Å²) in [6.45, 7) is 4.22. The smallest absolute Gasteiger partial charge is 0.326 e. The molecule has 2 aliphatic heterocycles. The maximum atomic E-state index is 12.7. The molecule has 218 valence electrons. The van der Waals surface area contributed by atoms with Gasteiger partial charge in [0.2, 0.25) is 10.0 Å². The Kier molecular flexibility index (Phi) is 7.96. The van der Waals surface area contributed by atoms with Gasteiger partial charge in [-0.25, -0.2) is 22.9 Å². The van der Waals surface area contributed by atoms with Crippen LogP contribution in [-0.4, -0.2) is 74.7 Å². The first-order valence-corrected chi connectivity index (χ1v) is 15.5. The van der Waals surface area contributed by atoms with Crippen molar-refractivity contribution >= 4 is 21.7 Å². The number of amides is 1. The van der Waals surface area contributed by atoms with Crippen LogP contribution in [0.2, 0.25) is 0 Å². The summed E-state index contributed by atoms with van der Waals surface area (Å²) in [7, 11) is -1.58. The lowest BCUT2D eigenvalue weighted by Gasteiger charge is -2.41.